The van der Waals surface area contributed by atoms with E-state index in [2.05, 4.69) is 5.43 Å². The van der Waals surface area contributed by atoms with Crippen LogP contribution in [-0.4, -0.2) is 34.7 Å². The van der Waals surface area contributed by atoms with Crippen molar-refractivity contribution in [3.8, 4) is 0 Å². The first kappa shape index (κ1) is 10.9. The average molecular weight is 212 g/mol. The van der Waals surface area contributed by atoms with Gasteiger partial charge in [0, 0.05) is 19.0 Å². The number of amides is 1. The Kier molecular flexibility index (Phi) is 3.26. The molecule has 4 nitrogen and oxygen atoms in total. The van der Waals surface area contributed by atoms with Crippen LogP contribution in [0, 0.1) is 5.92 Å². The van der Waals surface area contributed by atoms with Crippen molar-refractivity contribution < 1.29 is 9.90 Å². The third-order valence-corrected chi connectivity index (χ3v) is 3.51. The lowest BCUT2D eigenvalue weighted by Crippen LogP contribution is -2.43. The first-order valence-electron chi connectivity index (χ1n) is 5.91. The van der Waals surface area contributed by atoms with Crippen LogP contribution in [0.15, 0.2) is 0 Å². The maximum atomic E-state index is 11.6. The number of carbonyl (C=O) groups excluding carboxylic acids is 1. The van der Waals surface area contributed by atoms with Crippen LogP contribution in [0.5, 0.6) is 0 Å². The molecule has 2 rings (SSSR count). The molecular formula is C11H20N2O2. The summed E-state index contributed by atoms with van der Waals surface area (Å²) in [5.74, 6) is 0.887. The minimum Gasteiger partial charge on any atom is -0.393 e. The molecule has 0 aromatic carbocycles. The van der Waals surface area contributed by atoms with Crippen LogP contribution in [0.25, 0.3) is 0 Å². The number of nitrogens with one attached hydrogen (secondary N) is 1. The molecule has 0 aromatic heterocycles. The summed E-state index contributed by atoms with van der Waals surface area (Å²) >= 11 is 0. The smallest absolute Gasteiger partial charge is 0.238 e. The molecule has 1 saturated carbocycles. The van der Waals surface area contributed by atoms with Gasteiger partial charge in [-0.3, -0.25) is 9.80 Å². The van der Waals surface area contributed by atoms with Gasteiger partial charge in [0.1, 0.15) is 0 Å². The molecule has 86 valence electrons. The number of aliphatic hydroxyl groups excluding tert-OH is 1. The molecule has 2 aliphatic rings. The molecule has 1 aliphatic heterocycles. The van der Waals surface area contributed by atoms with Gasteiger partial charge in [-0.25, -0.2) is 5.43 Å². The van der Waals surface area contributed by atoms with Crippen molar-refractivity contribution in [1.29, 1.82) is 0 Å². The molecule has 0 bridgehead atoms. The Balaban J connectivity index is 1.78. The van der Waals surface area contributed by atoms with E-state index in [1.807, 2.05) is 0 Å². The van der Waals surface area contributed by atoms with Crippen molar-refractivity contribution >= 4 is 5.91 Å². The highest BCUT2D eigenvalue weighted by Crippen LogP contribution is 2.33. The quantitative estimate of drug-likeness (QED) is 0.720. The Hall–Kier alpha value is -0.610. The van der Waals surface area contributed by atoms with E-state index >= 15 is 0 Å². The summed E-state index contributed by atoms with van der Waals surface area (Å²) in [5.41, 5.74) is 3.27. The Morgan fingerprint density at radius 1 is 1.60 bits per heavy atom. The molecule has 2 unspecified atom stereocenters. The zero-order chi connectivity index (χ0) is 10.8. The number of carbonyl (C=O) groups is 1. The molecule has 0 spiro atoms. The van der Waals surface area contributed by atoms with Gasteiger partial charge in [0.2, 0.25) is 5.91 Å². The predicted octanol–water partition coefficient (Wildman–Crippen LogP) is 0.663. The van der Waals surface area contributed by atoms with E-state index in [4.69, 9.17) is 5.11 Å². The van der Waals surface area contributed by atoms with Gasteiger partial charge in [-0.15, -0.1) is 0 Å². The highest BCUT2D eigenvalue weighted by atomic mass is 16.3. The number of hydrazine groups is 1. The molecule has 1 amide bonds. The van der Waals surface area contributed by atoms with Crippen LogP contribution in [0.3, 0.4) is 0 Å². The molecule has 0 radical (unpaired) electrons. The second-order valence-electron chi connectivity index (χ2n) is 4.81. The minimum atomic E-state index is -0.331. The number of nitrogens with zero attached hydrogens (tertiary/aromatic N) is 1. The summed E-state index contributed by atoms with van der Waals surface area (Å²) in [6.07, 6.45) is 4.79. The zero-order valence-corrected chi connectivity index (χ0v) is 9.28. The fourth-order valence-corrected chi connectivity index (χ4v) is 2.24. The van der Waals surface area contributed by atoms with Gasteiger partial charge in [-0.1, -0.05) is 6.42 Å². The molecule has 1 saturated heterocycles. The van der Waals surface area contributed by atoms with E-state index in [0.717, 1.165) is 0 Å². The van der Waals surface area contributed by atoms with Crippen molar-refractivity contribution in [1.82, 2.24) is 10.4 Å². The zero-order valence-electron chi connectivity index (χ0n) is 9.28. The fourth-order valence-electron chi connectivity index (χ4n) is 2.24. The summed E-state index contributed by atoms with van der Waals surface area (Å²) in [4.78, 5) is 11.6. The molecule has 2 fully saturated rings. The molecule has 1 heterocycles. The molecule has 0 aromatic rings. The van der Waals surface area contributed by atoms with Crippen LogP contribution in [0.4, 0.5) is 0 Å². The number of aliphatic hydroxyl groups is 1. The van der Waals surface area contributed by atoms with E-state index in [9.17, 15) is 4.79 Å². The topological polar surface area (TPSA) is 52.6 Å². The van der Waals surface area contributed by atoms with Crippen LogP contribution in [0.1, 0.15) is 39.0 Å². The maximum Gasteiger partial charge on any atom is 0.238 e. The van der Waals surface area contributed by atoms with Gasteiger partial charge in [-0.05, 0) is 32.1 Å². The standard InChI is InChI=1S/C11H20N2O2/c1-8(14)5-6-13-11(15)7-10(12-13)9-3-2-4-9/h8-10,12,14H,2-7H2,1H3. The summed E-state index contributed by atoms with van der Waals surface area (Å²) < 4.78 is 0. The van der Waals surface area contributed by atoms with E-state index < -0.39 is 0 Å². The number of rotatable bonds is 4. The summed E-state index contributed by atoms with van der Waals surface area (Å²) in [7, 11) is 0. The Morgan fingerprint density at radius 3 is 2.87 bits per heavy atom. The van der Waals surface area contributed by atoms with Crippen molar-refractivity contribution in [3.63, 3.8) is 0 Å². The molecular weight excluding hydrogens is 192 g/mol. The lowest BCUT2D eigenvalue weighted by atomic mass is 9.79. The third kappa shape index (κ3) is 2.49. The van der Waals surface area contributed by atoms with E-state index in [1.165, 1.54) is 19.3 Å². The highest BCUT2D eigenvalue weighted by molar-refractivity contribution is 5.78. The van der Waals surface area contributed by atoms with E-state index in [-0.39, 0.29) is 12.0 Å². The highest BCUT2D eigenvalue weighted by Gasteiger charge is 2.36. The second kappa shape index (κ2) is 4.49. The van der Waals surface area contributed by atoms with Gasteiger partial charge in [0.15, 0.2) is 0 Å². The molecule has 15 heavy (non-hydrogen) atoms. The van der Waals surface area contributed by atoms with E-state index in [0.29, 0.717) is 31.3 Å². The fraction of sp³-hybridized carbons (Fsp3) is 0.909. The average Bonchev–Trinajstić information content (AvgIpc) is 2.40. The Bertz CT molecular complexity index is 239. The Morgan fingerprint density at radius 2 is 2.33 bits per heavy atom. The Labute approximate surface area is 90.6 Å². The monoisotopic (exact) mass is 212 g/mol. The third-order valence-electron chi connectivity index (χ3n) is 3.51. The molecule has 1 aliphatic carbocycles. The molecule has 2 atom stereocenters. The van der Waals surface area contributed by atoms with Crippen LogP contribution in [0.2, 0.25) is 0 Å². The van der Waals surface area contributed by atoms with Crippen molar-refractivity contribution in [2.45, 2.75) is 51.2 Å². The number of hydrogen-bond acceptors (Lipinski definition) is 3. The largest absolute Gasteiger partial charge is 0.393 e. The van der Waals surface area contributed by atoms with Crippen molar-refractivity contribution in [2.24, 2.45) is 5.92 Å². The first-order valence-corrected chi connectivity index (χ1v) is 5.91. The van der Waals surface area contributed by atoms with Crippen LogP contribution < -0.4 is 5.43 Å². The first-order chi connectivity index (χ1) is 7.16. The van der Waals surface area contributed by atoms with Crippen LogP contribution >= 0.6 is 0 Å². The minimum absolute atomic E-state index is 0.188. The molecule has 2 N–H and O–H groups in total. The van der Waals surface area contributed by atoms with Gasteiger partial charge in [0.05, 0.1) is 6.10 Å². The summed E-state index contributed by atoms with van der Waals surface area (Å²) in [6, 6.07) is 0.361. The van der Waals surface area contributed by atoms with E-state index in [1.54, 1.807) is 11.9 Å². The second-order valence-corrected chi connectivity index (χ2v) is 4.81. The maximum absolute atomic E-state index is 11.6. The van der Waals surface area contributed by atoms with Crippen molar-refractivity contribution in [3.05, 3.63) is 0 Å². The molecule has 4 heteroatoms. The summed E-state index contributed by atoms with van der Waals surface area (Å²) in [6.45, 7) is 2.38. The van der Waals surface area contributed by atoms with Gasteiger partial charge >= 0.3 is 0 Å². The number of hydrogen-bond donors (Lipinski definition) is 2. The lowest BCUT2D eigenvalue weighted by molar-refractivity contribution is -0.129. The van der Waals surface area contributed by atoms with Gasteiger partial charge in [-0.2, -0.15) is 0 Å². The van der Waals surface area contributed by atoms with Gasteiger partial charge < -0.3 is 5.11 Å². The van der Waals surface area contributed by atoms with Gasteiger partial charge in [0.25, 0.3) is 0 Å². The van der Waals surface area contributed by atoms with Crippen molar-refractivity contribution in [2.75, 3.05) is 6.54 Å². The summed E-state index contributed by atoms with van der Waals surface area (Å²) in [5, 5.41) is 10.9. The predicted molar refractivity (Wildman–Crippen MR) is 56.9 cm³/mol. The normalized spacial score (nSPS) is 29.3. The van der Waals surface area contributed by atoms with Crippen LogP contribution in [-0.2, 0) is 4.79 Å². The lowest BCUT2D eigenvalue weighted by Gasteiger charge is -2.31. The SMILES string of the molecule is CC(O)CCN1NC(C2CCC2)CC1=O.